The molecule has 13 aromatic carbocycles. The fourth-order valence-corrected chi connectivity index (χ4v) is 15.5. The van der Waals surface area contributed by atoms with Crippen LogP contribution in [0.3, 0.4) is 0 Å². The Morgan fingerprint density at radius 2 is 0.808 bits per heavy atom. The highest BCUT2D eigenvalue weighted by molar-refractivity contribution is 7.00. The van der Waals surface area contributed by atoms with E-state index < -0.39 is 0 Å². The maximum Gasteiger partial charge on any atom is 0.252 e. The number of aromatic nitrogens is 3. The van der Waals surface area contributed by atoms with Gasteiger partial charge in [0.05, 0.1) is 50.2 Å². The Kier molecular flexibility index (Phi) is 7.62. The van der Waals surface area contributed by atoms with Crippen LogP contribution in [0.2, 0.25) is 0 Å². The maximum atomic E-state index is 2.68. The van der Waals surface area contributed by atoms with E-state index in [-0.39, 0.29) is 12.1 Å². The second kappa shape index (κ2) is 14.3. The molecule has 0 spiro atoms. The van der Waals surface area contributed by atoms with E-state index in [9.17, 15) is 0 Å². The van der Waals surface area contributed by atoms with Crippen LogP contribution in [-0.2, 0) is 5.41 Å². The van der Waals surface area contributed by atoms with Gasteiger partial charge in [0.1, 0.15) is 0 Å². The first-order valence-electron chi connectivity index (χ1n) is 27.5. The quantitative estimate of drug-likeness (QED) is 0.158. The van der Waals surface area contributed by atoms with Crippen LogP contribution in [0.4, 0.5) is 17.1 Å². The van der Waals surface area contributed by atoms with Gasteiger partial charge in [0.25, 0.3) is 6.71 Å². The van der Waals surface area contributed by atoms with E-state index in [1.807, 2.05) is 0 Å². The normalized spacial score (nSPS) is 14.1. The van der Waals surface area contributed by atoms with Crippen molar-refractivity contribution in [3.05, 3.63) is 248 Å². The summed E-state index contributed by atoms with van der Waals surface area (Å²) in [5, 5.41) is 17.9. The van der Waals surface area contributed by atoms with E-state index in [1.54, 1.807) is 0 Å². The summed E-state index contributed by atoms with van der Waals surface area (Å²) >= 11 is 0. The molecule has 0 radical (unpaired) electrons. The van der Waals surface area contributed by atoms with Crippen molar-refractivity contribution in [2.75, 3.05) is 4.90 Å². The van der Waals surface area contributed by atoms with E-state index in [0.717, 1.165) is 11.4 Å². The lowest BCUT2D eigenvalue weighted by Crippen LogP contribution is -2.59. The van der Waals surface area contributed by atoms with E-state index in [0.29, 0.717) is 0 Å². The predicted octanol–water partition coefficient (Wildman–Crippen LogP) is 16.8. The lowest BCUT2D eigenvalue weighted by atomic mass is 9.34. The molecule has 0 unspecified atom stereocenters. The molecule has 3 aliphatic rings. The van der Waals surface area contributed by atoms with Gasteiger partial charge in [0.15, 0.2) is 0 Å². The summed E-state index contributed by atoms with van der Waals surface area (Å²) in [4.78, 5) is 2.62. The van der Waals surface area contributed by atoms with Gasteiger partial charge < -0.3 is 18.6 Å². The van der Waals surface area contributed by atoms with Gasteiger partial charge in [0.2, 0.25) is 0 Å². The van der Waals surface area contributed by atoms with Crippen molar-refractivity contribution < 1.29 is 0 Å². The first-order valence-corrected chi connectivity index (χ1v) is 27.5. The van der Waals surface area contributed by atoms with E-state index in [2.05, 4.69) is 269 Å². The maximum absolute atomic E-state index is 2.68. The molecule has 0 atom stereocenters. The minimum absolute atomic E-state index is 0.0574. The lowest BCUT2D eigenvalue weighted by Gasteiger charge is -2.43. The van der Waals surface area contributed by atoms with Crippen LogP contribution in [0.5, 0.6) is 0 Å². The zero-order chi connectivity index (χ0) is 50.9. The zero-order valence-electron chi connectivity index (χ0n) is 42.9. The molecule has 0 bridgehead atoms. The highest BCUT2D eigenvalue weighted by Crippen LogP contribution is 2.55. The van der Waals surface area contributed by atoms with Crippen molar-refractivity contribution in [3.8, 4) is 17.1 Å². The molecule has 0 amide bonds. The summed E-state index contributed by atoms with van der Waals surface area (Å²) in [5.74, 6) is 0. The lowest BCUT2D eigenvalue weighted by molar-refractivity contribution is 0.632. The van der Waals surface area contributed by atoms with Crippen LogP contribution < -0.4 is 21.3 Å². The molecule has 4 nitrogen and oxygen atoms in total. The second-order valence-corrected chi connectivity index (χ2v) is 22.7. The third kappa shape index (κ3) is 4.95. The molecule has 6 heterocycles. The van der Waals surface area contributed by atoms with Gasteiger partial charge in [0, 0.05) is 54.8 Å². The number of rotatable bonds is 2. The summed E-state index contributed by atoms with van der Waals surface area (Å²) in [6, 6.07) is 90.1. The van der Waals surface area contributed by atoms with Crippen LogP contribution in [0.15, 0.2) is 237 Å². The van der Waals surface area contributed by atoms with Crippen LogP contribution >= 0.6 is 0 Å². The molecule has 0 saturated carbocycles. The monoisotopic (exact) mass is 988 g/mol. The molecule has 3 aromatic heterocycles. The van der Waals surface area contributed by atoms with Gasteiger partial charge in [-0.2, -0.15) is 0 Å². The van der Waals surface area contributed by atoms with Gasteiger partial charge in [-0.15, -0.1) is 0 Å². The molecule has 360 valence electrons. The summed E-state index contributed by atoms with van der Waals surface area (Å²) in [7, 11) is 0. The predicted molar refractivity (Wildman–Crippen MR) is 331 cm³/mol. The van der Waals surface area contributed by atoms with Crippen LogP contribution in [-0.4, -0.2) is 20.4 Å². The summed E-state index contributed by atoms with van der Waals surface area (Å²) < 4.78 is 7.83. The first kappa shape index (κ1) is 41.4. The van der Waals surface area contributed by atoms with E-state index in [1.165, 1.54) is 159 Å². The van der Waals surface area contributed by atoms with Crippen LogP contribution in [0.1, 0.15) is 25.0 Å². The second-order valence-electron chi connectivity index (χ2n) is 22.7. The molecule has 0 N–H and O–H groups in total. The average molecular weight is 989 g/mol. The smallest absolute Gasteiger partial charge is 0.252 e. The number of fused-ring (bicyclic) bond motifs is 23. The van der Waals surface area contributed by atoms with E-state index >= 15 is 0 Å². The fraction of sp³-hybridized carbons (Fsp3) is 0.0411. The number of anilines is 3. The molecule has 0 saturated heterocycles. The number of nitrogens with zero attached hydrogens (tertiary/aromatic N) is 4. The van der Waals surface area contributed by atoms with Crippen LogP contribution in [0, 0.1) is 0 Å². The molecular weight excluding hydrogens is 944 g/mol. The van der Waals surface area contributed by atoms with Gasteiger partial charge in [-0.3, -0.25) is 0 Å². The van der Waals surface area contributed by atoms with Crippen molar-refractivity contribution in [1.82, 2.24) is 13.7 Å². The Bertz CT molecular complexity index is 5220. The third-order valence-corrected chi connectivity index (χ3v) is 18.7. The van der Waals surface area contributed by atoms with Crippen molar-refractivity contribution in [2.24, 2.45) is 0 Å². The van der Waals surface area contributed by atoms with Crippen molar-refractivity contribution in [3.63, 3.8) is 0 Å². The van der Waals surface area contributed by atoms with Crippen molar-refractivity contribution in [1.29, 1.82) is 0 Å². The molecule has 16 aromatic rings. The zero-order valence-corrected chi connectivity index (χ0v) is 42.9. The Morgan fingerprint density at radius 3 is 1.41 bits per heavy atom. The molecule has 78 heavy (non-hydrogen) atoms. The number of benzene rings is 13. The number of hydrogen-bond acceptors (Lipinski definition) is 1. The Morgan fingerprint density at radius 1 is 0.308 bits per heavy atom. The SMILES string of the molecule is CC1(C)c2ccccc2N(c2cc3c4c(c2)-n2c5ccc6ccccc6c5c5c6ccccc6cc(c52)B4c2cc4ccccc4c4c5c6ccccc6ccc5n-3c24)c2cc3c4ccccc4n(-c4ccccc4)c3cc21. The largest absolute Gasteiger partial charge is 0.310 e. The minimum Gasteiger partial charge on any atom is -0.310 e. The first-order chi connectivity index (χ1) is 38.5. The standard InChI is InChI=1S/C73H45BN4/c1-73(2)54-29-15-17-31-59(54)76(63-40-53-52-28-14-16-30-58(52)75(62(53)41-55(63)73)46-22-4-3-5-23-46)47-38-64-70-65(39-47)78-61-35-33-43-19-7-11-25-49(43)67(61)69-51-27-13-9-21-45(51)37-57(72(69)78)74(70)56-36-44-20-8-12-26-50(44)68-66-48-24-10-6-18-42(48)32-34-60(66)77(64)71(56)68/h3-41H,1-2H3. The number of para-hydroxylation sites is 3. The summed E-state index contributed by atoms with van der Waals surface area (Å²) in [5.41, 5.74) is 21.0. The Hall–Kier alpha value is -9.84. The molecule has 5 heteroatoms. The third-order valence-electron chi connectivity index (χ3n) is 18.7. The van der Waals surface area contributed by atoms with Gasteiger partial charge in [-0.05, 0) is 131 Å². The van der Waals surface area contributed by atoms with Gasteiger partial charge in [-0.25, -0.2) is 0 Å². The van der Waals surface area contributed by atoms with E-state index in [4.69, 9.17) is 0 Å². The summed E-state index contributed by atoms with van der Waals surface area (Å²) in [6.45, 7) is 4.79. The Labute approximate surface area is 448 Å². The van der Waals surface area contributed by atoms with Crippen LogP contribution in [0.25, 0.3) is 126 Å². The molecule has 0 aliphatic carbocycles. The highest BCUT2D eigenvalue weighted by Gasteiger charge is 2.44. The highest BCUT2D eigenvalue weighted by atomic mass is 15.2. The Balaban J connectivity index is 1.02. The molecular formula is C73H45BN4. The minimum atomic E-state index is -0.324. The number of hydrogen-bond donors (Lipinski definition) is 0. The topological polar surface area (TPSA) is 18.0 Å². The molecule has 3 aliphatic heterocycles. The molecule has 19 rings (SSSR count). The van der Waals surface area contributed by atoms with Crippen molar-refractivity contribution >= 4 is 149 Å². The average Bonchev–Trinajstić information content (AvgIpc) is 3.88. The molecule has 0 fully saturated rings. The van der Waals surface area contributed by atoms with Crippen molar-refractivity contribution in [2.45, 2.75) is 19.3 Å². The van der Waals surface area contributed by atoms with Gasteiger partial charge >= 0.3 is 0 Å². The van der Waals surface area contributed by atoms with Gasteiger partial charge in [-0.1, -0.05) is 190 Å². The fourth-order valence-electron chi connectivity index (χ4n) is 15.5. The summed E-state index contributed by atoms with van der Waals surface area (Å²) in [6.07, 6.45) is 0.